The highest BCUT2D eigenvalue weighted by atomic mass is 32.2. The molecule has 2 bridgehead atoms. The van der Waals surface area contributed by atoms with Crippen molar-refractivity contribution in [1.29, 1.82) is 0 Å². The number of rotatable bonds is 4. The molecule has 0 unspecified atom stereocenters. The van der Waals surface area contributed by atoms with Gasteiger partial charge in [-0.3, -0.25) is 4.79 Å². The van der Waals surface area contributed by atoms with Crippen LogP contribution in [0.4, 0.5) is 13.2 Å². The third-order valence-electron chi connectivity index (χ3n) is 5.83. The fraction of sp³-hybridized carbons (Fsp3) is 0.571. The van der Waals surface area contributed by atoms with Gasteiger partial charge in [-0.25, -0.2) is 9.97 Å². The molecule has 5 nitrogen and oxygen atoms in total. The summed E-state index contributed by atoms with van der Waals surface area (Å²) in [4.78, 5) is 22.6. The van der Waals surface area contributed by atoms with E-state index in [1.54, 1.807) is 6.07 Å². The topological polar surface area (TPSA) is 59.2 Å². The number of hydrogen-bond acceptors (Lipinski definition) is 5. The minimum absolute atomic E-state index is 0.00587. The lowest BCUT2D eigenvalue weighted by atomic mass is 9.65. The predicted octanol–water partition coefficient (Wildman–Crippen LogP) is 5.27. The number of thioether (sulfide) groups is 1. The quantitative estimate of drug-likeness (QED) is 0.480. The molecule has 3 heterocycles. The highest BCUT2D eigenvalue weighted by Gasteiger charge is 2.50. The zero-order valence-corrected chi connectivity index (χ0v) is 17.9. The summed E-state index contributed by atoms with van der Waals surface area (Å²) in [6, 6.07) is 4.16. The standard InChI is InChI=1S/C21H24F3N3O2S/c1-19(2)8-13-9-20(3,11-19)12-27(13)17(28)10-30-18-25-14(15-5-4-6-29-15)7-16(26-18)21(22,23)24/h4-7,13H,8-12H2,1-3H3/t13-,20+/m0/s1. The van der Waals surface area contributed by atoms with Crippen LogP contribution in [0.1, 0.15) is 45.7 Å². The molecule has 1 saturated heterocycles. The first-order valence-electron chi connectivity index (χ1n) is 9.87. The second kappa shape index (κ2) is 7.28. The van der Waals surface area contributed by atoms with Crippen LogP contribution in [0.25, 0.3) is 11.5 Å². The first-order chi connectivity index (χ1) is 13.9. The van der Waals surface area contributed by atoms with E-state index in [1.165, 1.54) is 12.3 Å². The molecular formula is C21H24F3N3O2S. The van der Waals surface area contributed by atoms with Gasteiger partial charge in [-0.2, -0.15) is 13.2 Å². The molecule has 30 heavy (non-hydrogen) atoms. The zero-order valence-electron chi connectivity index (χ0n) is 17.1. The molecule has 162 valence electrons. The third-order valence-corrected chi connectivity index (χ3v) is 6.66. The number of alkyl halides is 3. The molecule has 2 fully saturated rings. The van der Waals surface area contributed by atoms with Crippen molar-refractivity contribution in [2.24, 2.45) is 10.8 Å². The van der Waals surface area contributed by atoms with Gasteiger partial charge in [0.15, 0.2) is 10.9 Å². The Bertz CT molecular complexity index is 945. The first kappa shape index (κ1) is 21.2. The lowest BCUT2D eigenvalue weighted by Crippen LogP contribution is -2.38. The van der Waals surface area contributed by atoms with Crippen molar-refractivity contribution in [2.45, 2.75) is 57.4 Å². The highest BCUT2D eigenvalue weighted by molar-refractivity contribution is 7.99. The molecule has 1 aliphatic carbocycles. The maximum absolute atomic E-state index is 13.3. The van der Waals surface area contributed by atoms with Gasteiger partial charge in [-0.05, 0) is 48.3 Å². The minimum Gasteiger partial charge on any atom is -0.463 e. The van der Waals surface area contributed by atoms with Gasteiger partial charge in [-0.15, -0.1) is 0 Å². The number of carbonyl (C=O) groups is 1. The fourth-order valence-corrected chi connectivity index (χ4v) is 5.89. The molecule has 1 amide bonds. The lowest BCUT2D eigenvalue weighted by Gasteiger charge is -2.39. The average Bonchev–Trinajstić information content (AvgIpc) is 3.24. The number of hydrogen-bond donors (Lipinski definition) is 0. The highest BCUT2D eigenvalue weighted by Crippen LogP contribution is 2.52. The van der Waals surface area contributed by atoms with Gasteiger partial charge in [0.2, 0.25) is 5.91 Å². The predicted molar refractivity (Wildman–Crippen MR) is 107 cm³/mol. The molecule has 2 aliphatic rings. The Hall–Kier alpha value is -2.03. The minimum atomic E-state index is -4.62. The number of nitrogens with zero attached hydrogens (tertiary/aromatic N) is 3. The summed E-state index contributed by atoms with van der Waals surface area (Å²) in [5.41, 5.74) is -0.720. The smallest absolute Gasteiger partial charge is 0.433 e. The normalized spacial score (nSPS) is 25.5. The number of furan rings is 1. The molecule has 2 atom stereocenters. The number of fused-ring (bicyclic) bond motifs is 2. The van der Waals surface area contributed by atoms with E-state index in [1.807, 2.05) is 4.90 Å². The summed E-state index contributed by atoms with van der Waals surface area (Å²) in [7, 11) is 0. The summed E-state index contributed by atoms with van der Waals surface area (Å²) in [5, 5.41) is -0.0849. The van der Waals surface area contributed by atoms with E-state index in [0.717, 1.165) is 37.1 Å². The number of likely N-dealkylation sites (tertiary alicyclic amines) is 1. The molecule has 2 aromatic heterocycles. The van der Waals surface area contributed by atoms with Crippen LogP contribution in [-0.4, -0.2) is 39.1 Å². The molecule has 0 N–H and O–H groups in total. The molecule has 4 rings (SSSR count). The molecule has 2 aromatic rings. The van der Waals surface area contributed by atoms with Crippen molar-refractivity contribution in [3.05, 3.63) is 30.2 Å². The molecule has 1 aliphatic heterocycles. The van der Waals surface area contributed by atoms with E-state index in [9.17, 15) is 18.0 Å². The van der Waals surface area contributed by atoms with Crippen molar-refractivity contribution < 1.29 is 22.4 Å². The average molecular weight is 440 g/mol. The van der Waals surface area contributed by atoms with Crippen LogP contribution in [0.2, 0.25) is 0 Å². The van der Waals surface area contributed by atoms with E-state index in [0.29, 0.717) is 6.54 Å². The fourth-order valence-electron chi connectivity index (χ4n) is 5.15. The van der Waals surface area contributed by atoms with Crippen LogP contribution in [0.3, 0.4) is 0 Å². The Balaban J connectivity index is 1.51. The Morgan fingerprint density at radius 1 is 1.30 bits per heavy atom. The van der Waals surface area contributed by atoms with Gasteiger partial charge in [0.25, 0.3) is 0 Å². The van der Waals surface area contributed by atoms with Gasteiger partial charge in [-0.1, -0.05) is 32.5 Å². The van der Waals surface area contributed by atoms with Crippen molar-refractivity contribution in [1.82, 2.24) is 14.9 Å². The van der Waals surface area contributed by atoms with Crippen LogP contribution in [0.15, 0.2) is 34.0 Å². The van der Waals surface area contributed by atoms with Crippen LogP contribution < -0.4 is 0 Å². The van der Waals surface area contributed by atoms with Gasteiger partial charge in [0.05, 0.1) is 12.0 Å². The summed E-state index contributed by atoms with van der Waals surface area (Å²) in [6.07, 6.45) is -0.252. The van der Waals surface area contributed by atoms with Crippen LogP contribution in [0, 0.1) is 10.8 Å². The number of aromatic nitrogens is 2. The maximum Gasteiger partial charge on any atom is 0.433 e. The largest absolute Gasteiger partial charge is 0.463 e. The van der Waals surface area contributed by atoms with Crippen LogP contribution in [-0.2, 0) is 11.0 Å². The molecule has 0 aromatic carbocycles. The van der Waals surface area contributed by atoms with Crippen molar-refractivity contribution in [2.75, 3.05) is 12.3 Å². The summed E-state index contributed by atoms with van der Waals surface area (Å²) >= 11 is 0.935. The second-order valence-electron chi connectivity index (χ2n) is 9.42. The molecule has 0 spiro atoms. The van der Waals surface area contributed by atoms with E-state index in [4.69, 9.17) is 4.42 Å². The summed E-state index contributed by atoms with van der Waals surface area (Å²) in [6.45, 7) is 7.37. The van der Waals surface area contributed by atoms with Gasteiger partial charge >= 0.3 is 6.18 Å². The molecule has 1 saturated carbocycles. The van der Waals surface area contributed by atoms with E-state index < -0.39 is 11.9 Å². The SMILES string of the molecule is CC1(C)C[C@H]2C[C@@](C)(CN2C(=O)CSc2nc(-c3ccco3)cc(C(F)(F)F)n2)C1. The Morgan fingerprint density at radius 2 is 2.07 bits per heavy atom. The van der Waals surface area contributed by atoms with E-state index in [-0.39, 0.29) is 45.1 Å². The van der Waals surface area contributed by atoms with Crippen LogP contribution in [0.5, 0.6) is 0 Å². The molecule has 0 radical (unpaired) electrons. The Labute approximate surface area is 177 Å². The molecule has 9 heteroatoms. The van der Waals surface area contributed by atoms with Crippen molar-refractivity contribution in [3.63, 3.8) is 0 Å². The second-order valence-corrected chi connectivity index (χ2v) is 10.4. The Kier molecular flexibility index (Phi) is 5.15. The zero-order chi connectivity index (χ0) is 21.7. The van der Waals surface area contributed by atoms with Gasteiger partial charge in [0, 0.05) is 12.6 Å². The number of carbonyl (C=O) groups excluding carboxylic acids is 1. The third kappa shape index (κ3) is 4.36. The molecular weight excluding hydrogens is 415 g/mol. The van der Waals surface area contributed by atoms with Gasteiger partial charge in [0.1, 0.15) is 11.4 Å². The summed E-state index contributed by atoms with van der Waals surface area (Å²) in [5.74, 6) is 0.151. The number of halogens is 3. The first-order valence-corrected chi connectivity index (χ1v) is 10.9. The van der Waals surface area contributed by atoms with Crippen molar-refractivity contribution >= 4 is 17.7 Å². The van der Waals surface area contributed by atoms with E-state index >= 15 is 0 Å². The van der Waals surface area contributed by atoms with Gasteiger partial charge < -0.3 is 9.32 Å². The maximum atomic E-state index is 13.3. The summed E-state index contributed by atoms with van der Waals surface area (Å²) < 4.78 is 45.1. The lowest BCUT2D eigenvalue weighted by molar-refractivity contribution is -0.141. The van der Waals surface area contributed by atoms with E-state index in [2.05, 4.69) is 30.7 Å². The van der Waals surface area contributed by atoms with Crippen molar-refractivity contribution in [3.8, 4) is 11.5 Å². The Morgan fingerprint density at radius 3 is 2.73 bits per heavy atom. The number of amides is 1. The van der Waals surface area contributed by atoms with Crippen LogP contribution >= 0.6 is 11.8 Å². The monoisotopic (exact) mass is 439 g/mol.